The Morgan fingerprint density at radius 3 is 2.61 bits per heavy atom. The molecule has 3 rings (SSSR count). The number of carbonyl (C=O) groups excluding carboxylic acids is 2. The van der Waals surface area contributed by atoms with Crippen molar-refractivity contribution >= 4 is 11.9 Å². The highest BCUT2D eigenvalue weighted by Crippen LogP contribution is 2.36. The number of nitrogens with zero attached hydrogens (tertiary/aromatic N) is 1. The summed E-state index contributed by atoms with van der Waals surface area (Å²) in [5.74, 6) is -0.248. The van der Waals surface area contributed by atoms with E-state index in [2.05, 4.69) is 10.7 Å². The smallest absolute Gasteiger partial charge is 0.336 e. The van der Waals surface area contributed by atoms with Crippen LogP contribution in [0.3, 0.4) is 0 Å². The molecule has 0 aromatic rings. The zero-order chi connectivity index (χ0) is 12.8. The molecular weight excluding hydrogens is 234 g/mol. The molecule has 2 fully saturated rings. The van der Waals surface area contributed by atoms with Crippen molar-refractivity contribution in [1.82, 2.24) is 15.8 Å². The van der Waals surface area contributed by atoms with Gasteiger partial charge in [-0.05, 0) is 32.9 Å². The minimum atomic E-state index is -0.328. The van der Waals surface area contributed by atoms with E-state index in [1.54, 1.807) is 6.92 Å². The Morgan fingerprint density at radius 2 is 2.00 bits per heavy atom. The van der Waals surface area contributed by atoms with Crippen molar-refractivity contribution in [1.29, 1.82) is 0 Å². The van der Waals surface area contributed by atoms with E-state index in [1.165, 1.54) is 5.01 Å². The number of hydrogen-bond acceptors (Lipinski definition) is 5. The fourth-order valence-electron chi connectivity index (χ4n) is 2.83. The lowest BCUT2D eigenvalue weighted by molar-refractivity contribution is -0.138. The molecule has 3 heterocycles. The second-order valence-corrected chi connectivity index (χ2v) is 5.15. The lowest BCUT2D eigenvalue weighted by Gasteiger charge is -2.30. The molecule has 0 bridgehead atoms. The van der Waals surface area contributed by atoms with Crippen LogP contribution in [0.5, 0.6) is 0 Å². The topological polar surface area (TPSA) is 70.7 Å². The molecule has 0 aromatic carbocycles. The van der Waals surface area contributed by atoms with Crippen LogP contribution in [0.2, 0.25) is 0 Å². The molecule has 0 aromatic heterocycles. The lowest BCUT2D eigenvalue weighted by Crippen LogP contribution is -2.43. The molecule has 18 heavy (non-hydrogen) atoms. The van der Waals surface area contributed by atoms with Crippen LogP contribution in [-0.2, 0) is 14.3 Å². The van der Waals surface area contributed by atoms with Crippen LogP contribution in [0, 0.1) is 5.41 Å². The Balaban J connectivity index is 1.85. The van der Waals surface area contributed by atoms with E-state index >= 15 is 0 Å². The molecule has 0 aliphatic carbocycles. The minimum absolute atomic E-state index is 0.0802. The number of rotatable bonds is 1. The second kappa shape index (κ2) is 4.07. The Hall–Kier alpha value is -1.40. The first kappa shape index (κ1) is 11.7. The number of hydrogen-bond donors (Lipinski definition) is 2. The summed E-state index contributed by atoms with van der Waals surface area (Å²) >= 11 is 0. The molecule has 2 N–H and O–H groups in total. The van der Waals surface area contributed by atoms with Crippen LogP contribution in [0.1, 0.15) is 19.8 Å². The molecule has 98 valence electrons. The van der Waals surface area contributed by atoms with Crippen molar-refractivity contribution in [3.8, 4) is 0 Å². The van der Waals surface area contributed by atoms with Gasteiger partial charge in [-0.25, -0.2) is 15.2 Å². The van der Waals surface area contributed by atoms with Gasteiger partial charge in [0.2, 0.25) is 5.91 Å². The van der Waals surface area contributed by atoms with Crippen molar-refractivity contribution < 1.29 is 14.3 Å². The van der Waals surface area contributed by atoms with Crippen LogP contribution in [0.25, 0.3) is 0 Å². The summed E-state index contributed by atoms with van der Waals surface area (Å²) in [7, 11) is 0. The van der Waals surface area contributed by atoms with E-state index < -0.39 is 0 Å². The van der Waals surface area contributed by atoms with Gasteiger partial charge in [-0.3, -0.25) is 4.79 Å². The van der Waals surface area contributed by atoms with Crippen LogP contribution < -0.4 is 10.7 Å². The highest BCUT2D eigenvalue weighted by atomic mass is 16.5. The van der Waals surface area contributed by atoms with Gasteiger partial charge in [0, 0.05) is 6.54 Å². The third-order valence-electron chi connectivity index (χ3n) is 4.14. The number of amides is 1. The molecule has 0 radical (unpaired) electrons. The van der Waals surface area contributed by atoms with Crippen LogP contribution in [0.4, 0.5) is 0 Å². The summed E-state index contributed by atoms with van der Waals surface area (Å²) in [5.41, 5.74) is 4.02. The number of esters is 1. The van der Waals surface area contributed by atoms with E-state index in [4.69, 9.17) is 4.74 Å². The van der Waals surface area contributed by atoms with Gasteiger partial charge in [0.15, 0.2) is 0 Å². The molecule has 0 atom stereocenters. The van der Waals surface area contributed by atoms with Gasteiger partial charge in [-0.1, -0.05) is 0 Å². The molecule has 1 amide bonds. The number of carbonyl (C=O) groups is 2. The average molecular weight is 251 g/mol. The highest BCUT2D eigenvalue weighted by Gasteiger charge is 2.49. The molecule has 6 nitrogen and oxygen atoms in total. The van der Waals surface area contributed by atoms with E-state index in [0.717, 1.165) is 25.9 Å². The molecule has 0 saturated carbocycles. The van der Waals surface area contributed by atoms with Crippen molar-refractivity contribution in [2.75, 3.05) is 26.2 Å². The second-order valence-electron chi connectivity index (χ2n) is 5.15. The number of nitrogens with one attached hydrogen (secondary N) is 2. The van der Waals surface area contributed by atoms with Crippen LogP contribution >= 0.6 is 0 Å². The van der Waals surface area contributed by atoms with E-state index in [1.807, 2.05) is 0 Å². The SMILES string of the molecule is CC1=C(N2NCC3(CCNCC3)C2=O)COC1=O. The zero-order valence-corrected chi connectivity index (χ0v) is 10.4. The van der Waals surface area contributed by atoms with Crippen molar-refractivity contribution in [3.63, 3.8) is 0 Å². The molecule has 3 aliphatic rings. The maximum Gasteiger partial charge on any atom is 0.336 e. The number of cyclic esters (lactones) is 1. The number of hydrazine groups is 1. The summed E-state index contributed by atoms with van der Waals surface area (Å²) in [6, 6.07) is 0. The zero-order valence-electron chi connectivity index (χ0n) is 10.4. The maximum absolute atomic E-state index is 12.6. The highest BCUT2D eigenvalue weighted by molar-refractivity contribution is 5.94. The average Bonchev–Trinajstić information content (AvgIpc) is 2.86. The van der Waals surface area contributed by atoms with Crippen molar-refractivity contribution in [3.05, 3.63) is 11.3 Å². The largest absolute Gasteiger partial charge is 0.456 e. The minimum Gasteiger partial charge on any atom is -0.456 e. The van der Waals surface area contributed by atoms with Gasteiger partial charge in [-0.2, -0.15) is 0 Å². The van der Waals surface area contributed by atoms with Crippen molar-refractivity contribution in [2.24, 2.45) is 5.41 Å². The first-order valence-corrected chi connectivity index (χ1v) is 6.30. The van der Waals surface area contributed by atoms with Crippen LogP contribution in [-0.4, -0.2) is 43.1 Å². The van der Waals surface area contributed by atoms with E-state index in [-0.39, 0.29) is 23.9 Å². The predicted molar refractivity (Wildman–Crippen MR) is 63.0 cm³/mol. The van der Waals surface area contributed by atoms with Crippen molar-refractivity contribution in [2.45, 2.75) is 19.8 Å². The third kappa shape index (κ3) is 1.56. The Morgan fingerprint density at radius 1 is 1.28 bits per heavy atom. The Labute approximate surface area is 105 Å². The molecule has 2 saturated heterocycles. The molecule has 6 heteroatoms. The fourth-order valence-corrected chi connectivity index (χ4v) is 2.83. The van der Waals surface area contributed by atoms with Gasteiger partial charge >= 0.3 is 5.97 Å². The molecule has 1 spiro atoms. The number of piperidine rings is 1. The number of ether oxygens (including phenoxy) is 1. The monoisotopic (exact) mass is 251 g/mol. The normalized spacial score (nSPS) is 27.3. The van der Waals surface area contributed by atoms with Crippen LogP contribution in [0.15, 0.2) is 11.3 Å². The Kier molecular flexibility index (Phi) is 2.64. The van der Waals surface area contributed by atoms with E-state index in [9.17, 15) is 9.59 Å². The summed E-state index contributed by atoms with van der Waals surface area (Å²) in [6.07, 6.45) is 1.69. The summed E-state index contributed by atoms with van der Waals surface area (Å²) in [6.45, 7) is 4.28. The third-order valence-corrected chi connectivity index (χ3v) is 4.14. The van der Waals surface area contributed by atoms with Gasteiger partial charge in [0.25, 0.3) is 0 Å². The Bertz CT molecular complexity index is 438. The summed E-state index contributed by atoms with van der Waals surface area (Å²) < 4.78 is 4.95. The van der Waals surface area contributed by atoms with Gasteiger partial charge < -0.3 is 10.1 Å². The first-order valence-electron chi connectivity index (χ1n) is 6.30. The van der Waals surface area contributed by atoms with E-state index in [0.29, 0.717) is 17.8 Å². The maximum atomic E-state index is 12.6. The molecule has 3 aliphatic heterocycles. The lowest BCUT2D eigenvalue weighted by atomic mass is 9.79. The summed E-state index contributed by atoms with van der Waals surface area (Å²) in [5, 5.41) is 4.80. The predicted octanol–water partition coefficient (Wildman–Crippen LogP) is -0.466. The molecule has 0 unspecified atom stereocenters. The van der Waals surface area contributed by atoms with Gasteiger partial charge in [-0.15, -0.1) is 0 Å². The summed E-state index contributed by atoms with van der Waals surface area (Å²) in [4.78, 5) is 23.9. The molecular formula is C12H17N3O3. The van der Waals surface area contributed by atoms with Gasteiger partial charge in [0.05, 0.1) is 16.7 Å². The fraction of sp³-hybridized carbons (Fsp3) is 0.667. The standard InChI is InChI=1S/C12H17N3O3/c1-8-9(6-18-10(8)16)15-11(17)12(7-14-15)2-4-13-5-3-12/h13-14H,2-7H2,1H3. The first-order chi connectivity index (χ1) is 8.64. The van der Waals surface area contributed by atoms with Gasteiger partial charge in [0.1, 0.15) is 6.61 Å². The quantitative estimate of drug-likeness (QED) is 0.617.